The van der Waals surface area contributed by atoms with Crippen molar-refractivity contribution in [2.75, 3.05) is 6.54 Å². The van der Waals surface area contributed by atoms with E-state index in [0.29, 0.717) is 18.3 Å². The highest BCUT2D eigenvalue weighted by atomic mass is 16.3. The molecule has 1 amide bonds. The Hall–Kier alpha value is -1.13. The minimum absolute atomic E-state index is 0.166. The monoisotopic (exact) mass is 405 g/mol. The molecule has 2 rings (SSSR count). The lowest BCUT2D eigenvalue weighted by Crippen LogP contribution is -2.23. The fraction of sp³-hybridized carbons (Fsp3) is 0.800. The molecule has 29 heavy (non-hydrogen) atoms. The molecule has 0 aromatic heterocycles. The van der Waals surface area contributed by atoms with Gasteiger partial charge in [0.2, 0.25) is 5.91 Å². The van der Waals surface area contributed by atoms with Gasteiger partial charge in [-0.3, -0.25) is 4.79 Å². The van der Waals surface area contributed by atoms with Crippen LogP contribution in [0.25, 0.3) is 0 Å². The highest BCUT2D eigenvalue weighted by Gasteiger charge is 2.43. The Morgan fingerprint density at radius 1 is 1.21 bits per heavy atom. The van der Waals surface area contributed by atoms with E-state index >= 15 is 0 Å². The van der Waals surface area contributed by atoms with Gasteiger partial charge in [-0.15, -0.1) is 0 Å². The molecule has 0 aromatic carbocycles. The fourth-order valence-corrected chi connectivity index (χ4v) is 4.88. The zero-order valence-corrected chi connectivity index (χ0v) is 18.6. The predicted molar refractivity (Wildman–Crippen MR) is 119 cm³/mol. The van der Waals surface area contributed by atoms with E-state index in [1.165, 1.54) is 12.0 Å². The highest BCUT2D eigenvalue weighted by molar-refractivity contribution is 5.75. The largest absolute Gasteiger partial charge is 0.392 e. The number of aliphatic hydroxyl groups excluding tert-OH is 2. The summed E-state index contributed by atoms with van der Waals surface area (Å²) in [5.74, 6) is 1.31. The number of allylic oxidation sites excluding steroid dienone is 2. The van der Waals surface area contributed by atoms with Gasteiger partial charge in [-0.1, -0.05) is 63.3 Å². The van der Waals surface area contributed by atoms with Gasteiger partial charge in [0, 0.05) is 18.9 Å². The van der Waals surface area contributed by atoms with Crippen LogP contribution in [-0.2, 0) is 4.79 Å². The average Bonchev–Trinajstić information content (AvgIpc) is 3.20. The Bertz CT molecular complexity index is 542. The third-order valence-corrected chi connectivity index (χ3v) is 6.61. The van der Waals surface area contributed by atoms with Gasteiger partial charge < -0.3 is 15.5 Å². The van der Waals surface area contributed by atoms with E-state index < -0.39 is 0 Å². The molecule has 0 aromatic rings. The van der Waals surface area contributed by atoms with Gasteiger partial charge in [-0.05, 0) is 56.8 Å². The van der Waals surface area contributed by atoms with Crippen molar-refractivity contribution in [3.8, 4) is 0 Å². The normalized spacial score (nSPS) is 27.2. The second-order valence-corrected chi connectivity index (χ2v) is 9.10. The van der Waals surface area contributed by atoms with Crippen molar-refractivity contribution in [1.29, 1.82) is 0 Å². The first-order valence-corrected chi connectivity index (χ1v) is 12.1. The molecule has 4 heteroatoms. The summed E-state index contributed by atoms with van der Waals surface area (Å²) in [6.45, 7) is 5.10. The second kappa shape index (κ2) is 13.2. The number of carbonyl (C=O) groups is 1. The van der Waals surface area contributed by atoms with Crippen molar-refractivity contribution in [2.24, 2.45) is 17.8 Å². The summed E-state index contributed by atoms with van der Waals surface area (Å²) in [7, 11) is 0. The van der Waals surface area contributed by atoms with Crippen molar-refractivity contribution in [3.05, 3.63) is 23.8 Å². The van der Waals surface area contributed by atoms with E-state index in [4.69, 9.17) is 0 Å². The zero-order valence-electron chi connectivity index (χ0n) is 18.6. The van der Waals surface area contributed by atoms with E-state index in [2.05, 4.69) is 31.3 Å². The van der Waals surface area contributed by atoms with Crippen molar-refractivity contribution < 1.29 is 15.0 Å². The fourth-order valence-electron chi connectivity index (χ4n) is 4.88. The first-order chi connectivity index (χ1) is 14.0. The minimum Gasteiger partial charge on any atom is -0.392 e. The summed E-state index contributed by atoms with van der Waals surface area (Å²) in [5.41, 5.74) is 1.50. The molecule has 0 heterocycles. The molecule has 0 bridgehead atoms. The number of fused-ring (bicyclic) bond motifs is 1. The molecular weight excluding hydrogens is 362 g/mol. The van der Waals surface area contributed by atoms with Gasteiger partial charge in [0.15, 0.2) is 0 Å². The van der Waals surface area contributed by atoms with Crippen LogP contribution in [0.2, 0.25) is 0 Å². The maximum absolute atomic E-state index is 11.8. The molecular formula is C25H43NO3. The standard InChI is InChI=1S/C25H43NO3/c1-3-5-7-11-21(27)13-14-22-23-17-19(16-20(23)18-24(22)28)10-8-9-12-25(29)26-15-6-4-2/h13-14,16,20-24,27-28H,3-12,15,17-18H2,1-2H3,(H,26,29)/b14-13+/t20-,21-,22+,23-,24+/m0/s1. The number of nitrogens with one attached hydrogen (secondary N) is 1. The SMILES string of the molecule is CCCCC[C@H](O)/C=C/[C@@H]1[C@H]2CC(CCCCC(=O)NCCCC)=C[C@H]2C[C@H]1O. The molecule has 4 nitrogen and oxygen atoms in total. The van der Waals surface area contributed by atoms with Crippen LogP contribution < -0.4 is 5.32 Å². The number of unbranched alkanes of at least 4 members (excludes halogenated alkanes) is 4. The number of hydrogen-bond acceptors (Lipinski definition) is 3. The average molecular weight is 406 g/mol. The van der Waals surface area contributed by atoms with Crippen molar-refractivity contribution in [3.63, 3.8) is 0 Å². The first-order valence-electron chi connectivity index (χ1n) is 12.1. The molecule has 166 valence electrons. The van der Waals surface area contributed by atoms with Gasteiger partial charge in [-0.25, -0.2) is 0 Å². The zero-order chi connectivity index (χ0) is 21.1. The van der Waals surface area contributed by atoms with Crippen LogP contribution in [0.1, 0.15) is 90.9 Å². The van der Waals surface area contributed by atoms with Crippen molar-refractivity contribution >= 4 is 5.91 Å². The predicted octanol–water partition coefficient (Wildman–Crippen LogP) is 4.90. The number of amides is 1. The van der Waals surface area contributed by atoms with Crippen molar-refractivity contribution in [1.82, 2.24) is 5.32 Å². The summed E-state index contributed by atoms with van der Waals surface area (Å²) in [6, 6.07) is 0. The third-order valence-electron chi connectivity index (χ3n) is 6.61. The quantitative estimate of drug-likeness (QED) is 0.284. The molecule has 2 aliphatic rings. The molecule has 0 unspecified atom stereocenters. The summed E-state index contributed by atoms with van der Waals surface area (Å²) in [5, 5.41) is 23.6. The van der Waals surface area contributed by atoms with Crippen LogP contribution in [0.5, 0.6) is 0 Å². The van der Waals surface area contributed by atoms with E-state index in [9.17, 15) is 15.0 Å². The Balaban J connectivity index is 1.69. The van der Waals surface area contributed by atoms with Crippen LogP contribution in [0.3, 0.4) is 0 Å². The maximum atomic E-state index is 11.8. The highest BCUT2D eigenvalue weighted by Crippen LogP contribution is 2.48. The van der Waals surface area contributed by atoms with Crippen LogP contribution >= 0.6 is 0 Å². The van der Waals surface area contributed by atoms with Gasteiger partial charge in [0.05, 0.1) is 12.2 Å². The number of rotatable bonds is 14. The molecule has 1 saturated carbocycles. The van der Waals surface area contributed by atoms with Crippen LogP contribution in [-0.4, -0.2) is 34.9 Å². The lowest BCUT2D eigenvalue weighted by atomic mass is 9.88. The van der Waals surface area contributed by atoms with Crippen LogP contribution in [0, 0.1) is 17.8 Å². The third kappa shape index (κ3) is 8.25. The molecule has 3 N–H and O–H groups in total. The summed E-state index contributed by atoms with van der Waals surface area (Å²) < 4.78 is 0. The number of aliphatic hydroxyl groups is 2. The smallest absolute Gasteiger partial charge is 0.219 e. The molecule has 1 fully saturated rings. The molecule has 0 radical (unpaired) electrons. The topological polar surface area (TPSA) is 69.6 Å². The van der Waals surface area contributed by atoms with E-state index in [1.807, 2.05) is 6.08 Å². The minimum atomic E-state index is -0.384. The molecule has 5 atom stereocenters. The molecule has 0 spiro atoms. The Morgan fingerprint density at radius 2 is 2.00 bits per heavy atom. The van der Waals surface area contributed by atoms with Crippen LogP contribution in [0.4, 0.5) is 0 Å². The molecule has 0 saturated heterocycles. The van der Waals surface area contributed by atoms with Crippen molar-refractivity contribution in [2.45, 2.75) is 103 Å². The molecule has 2 aliphatic carbocycles. The number of hydrogen-bond donors (Lipinski definition) is 3. The van der Waals surface area contributed by atoms with Gasteiger partial charge >= 0.3 is 0 Å². The van der Waals surface area contributed by atoms with E-state index in [-0.39, 0.29) is 24.0 Å². The number of carbonyl (C=O) groups excluding carboxylic acids is 1. The summed E-state index contributed by atoms with van der Waals surface area (Å²) in [4.78, 5) is 11.8. The van der Waals surface area contributed by atoms with E-state index in [1.54, 1.807) is 0 Å². The Labute approximate surface area is 177 Å². The lowest BCUT2D eigenvalue weighted by Gasteiger charge is -2.19. The Morgan fingerprint density at radius 3 is 2.76 bits per heavy atom. The Kier molecular flexibility index (Phi) is 11.0. The summed E-state index contributed by atoms with van der Waals surface area (Å²) >= 11 is 0. The van der Waals surface area contributed by atoms with Gasteiger partial charge in [0.1, 0.15) is 0 Å². The van der Waals surface area contributed by atoms with Crippen LogP contribution in [0.15, 0.2) is 23.8 Å². The maximum Gasteiger partial charge on any atom is 0.219 e. The lowest BCUT2D eigenvalue weighted by molar-refractivity contribution is -0.121. The van der Waals surface area contributed by atoms with Gasteiger partial charge in [-0.2, -0.15) is 0 Å². The second-order valence-electron chi connectivity index (χ2n) is 9.10. The summed E-state index contributed by atoms with van der Waals surface area (Å²) in [6.07, 6.45) is 17.7. The van der Waals surface area contributed by atoms with E-state index in [0.717, 1.165) is 70.8 Å². The first kappa shape index (κ1) is 24.1. The van der Waals surface area contributed by atoms with Gasteiger partial charge in [0.25, 0.3) is 0 Å². The molecule has 0 aliphatic heterocycles.